The van der Waals surface area contributed by atoms with Gasteiger partial charge < -0.3 is 15.2 Å². The van der Waals surface area contributed by atoms with E-state index in [4.69, 9.17) is 21.4 Å². The number of carbonyl (C=O) groups excluding carboxylic acids is 1. The first-order valence-electron chi connectivity index (χ1n) is 5.96. The number of nitrogens with one attached hydrogen (secondary N) is 1. The van der Waals surface area contributed by atoms with Crippen LogP contribution in [0.3, 0.4) is 0 Å². The van der Waals surface area contributed by atoms with E-state index in [-0.39, 0.29) is 18.9 Å². The van der Waals surface area contributed by atoms with Crippen molar-refractivity contribution in [3.63, 3.8) is 0 Å². The number of rotatable bonds is 7. The van der Waals surface area contributed by atoms with E-state index >= 15 is 0 Å². The molecule has 0 bridgehead atoms. The first-order chi connectivity index (χ1) is 9.42. The van der Waals surface area contributed by atoms with Gasteiger partial charge in [0.15, 0.2) is 0 Å². The summed E-state index contributed by atoms with van der Waals surface area (Å²) in [5, 5.41) is 11.6. The monoisotopic (exact) mass is 300 g/mol. The molecule has 20 heavy (non-hydrogen) atoms. The normalized spacial score (nSPS) is 10.4. The van der Waals surface area contributed by atoms with Crippen molar-refractivity contribution in [3.8, 4) is 5.75 Å². The molecule has 1 aromatic rings. The van der Waals surface area contributed by atoms with Gasteiger partial charge in [-0.2, -0.15) is 0 Å². The molecule has 0 saturated carbocycles. The molecule has 6 nitrogen and oxygen atoms in total. The number of aliphatic carboxylic acids is 1. The highest BCUT2D eigenvalue weighted by atomic mass is 35.5. The first kappa shape index (κ1) is 16.3. The summed E-state index contributed by atoms with van der Waals surface area (Å²) in [7, 11) is 3.19. The Kier molecular flexibility index (Phi) is 6.27. The smallest absolute Gasteiger partial charge is 0.304 e. The number of amides is 1. The third-order valence-corrected chi connectivity index (χ3v) is 2.85. The molecule has 1 amide bonds. The van der Waals surface area contributed by atoms with Crippen molar-refractivity contribution in [2.24, 2.45) is 0 Å². The Labute approximate surface area is 122 Å². The highest BCUT2D eigenvalue weighted by Crippen LogP contribution is 2.27. The lowest BCUT2D eigenvalue weighted by Crippen LogP contribution is -2.31. The van der Waals surface area contributed by atoms with Crippen molar-refractivity contribution < 1.29 is 19.4 Å². The van der Waals surface area contributed by atoms with Gasteiger partial charge in [0.05, 0.1) is 25.1 Å². The van der Waals surface area contributed by atoms with Gasteiger partial charge in [-0.05, 0) is 25.2 Å². The molecule has 110 valence electrons. The minimum atomic E-state index is -0.890. The second-order valence-electron chi connectivity index (χ2n) is 4.28. The number of nitrogens with zero attached hydrogens (tertiary/aromatic N) is 1. The number of hydrogen-bond acceptors (Lipinski definition) is 4. The zero-order chi connectivity index (χ0) is 15.1. The summed E-state index contributed by atoms with van der Waals surface area (Å²) in [4.78, 5) is 23.8. The third kappa shape index (κ3) is 5.46. The van der Waals surface area contributed by atoms with Crippen LogP contribution in [0, 0.1) is 0 Å². The standard InChI is InChI=1S/C13H17ClN2O4/c1-16(6-5-13(18)19)8-12(17)15-9-3-4-11(20-2)10(14)7-9/h3-4,7H,5-6,8H2,1-2H3,(H,15,17)(H,18,19). The second-order valence-corrected chi connectivity index (χ2v) is 4.69. The summed E-state index contributed by atoms with van der Waals surface area (Å²) in [6.45, 7) is 0.420. The molecular formula is C13H17ClN2O4. The lowest BCUT2D eigenvalue weighted by atomic mass is 10.3. The predicted molar refractivity (Wildman–Crippen MR) is 76.4 cm³/mol. The second kappa shape index (κ2) is 7.72. The molecule has 2 N–H and O–H groups in total. The Balaban J connectivity index is 2.49. The molecule has 0 fully saturated rings. The van der Waals surface area contributed by atoms with Gasteiger partial charge in [0, 0.05) is 12.2 Å². The molecule has 0 aliphatic rings. The van der Waals surface area contributed by atoms with Crippen LogP contribution in [-0.4, -0.2) is 49.1 Å². The summed E-state index contributed by atoms with van der Waals surface area (Å²) in [5.41, 5.74) is 0.562. The molecule has 0 saturated heterocycles. The van der Waals surface area contributed by atoms with Crippen molar-refractivity contribution in [2.75, 3.05) is 32.6 Å². The number of ether oxygens (including phenoxy) is 1. The van der Waals surface area contributed by atoms with Crippen molar-refractivity contribution in [3.05, 3.63) is 23.2 Å². The molecule has 0 aromatic heterocycles. The number of halogens is 1. The highest BCUT2D eigenvalue weighted by Gasteiger charge is 2.09. The van der Waals surface area contributed by atoms with E-state index in [0.717, 1.165) is 0 Å². The Morgan fingerprint density at radius 1 is 1.45 bits per heavy atom. The van der Waals surface area contributed by atoms with Gasteiger partial charge >= 0.3 is 5.97 Å². The minimum Gasteiger partial charge on any atom is -0.495 e. The summed E-state index contributed by atoms with van der Waals surface area (Å²) in [5.74, 6) is -0.596. The molecule has 7 heteroatoms. The van der Waals surface area contributed by atoms with Crippen LogP contribution in [0.5, 0.6) is 5.75 Å². The summed E-state index contributed by atoms with van der Waals surface area (Å²) in [6.07, 6.45) is -0.00184. The quantitative estimate of drug-likeness (QED) is 0.801. The minimum absolute atomic E-state index is 0.00184. The van der Waals surface area contributed by atoms with E-state index in [2.05, 4.69) is 5.32 Å². The number of benzene rings is 1. The van der Waals surface area contributed by atoms with Crippen LogP contribution >= 0.6 is 11.6 Å². The molecular weight excluding hydrogens is 284 g/mol. The topological polar surface area (TPSA) is 78.9 Å². The SMILES string of the molecule is COc1ccc(NC(=O)CN(C)CCC(=O)O)cc1Cl. The Morgan fingerprint density at radius 3 is 2.70 bits per heavy atom. The van der Waals surface area contributed by atoms with E-state index in [1.807, 2.05) is 0 Å². The zero-order valence-electron chi connectivity index (χ0n) is 11.4. The first-order valence-corrected chi connectivity index (χ1v) is 6.34. The van der Waals surface area contributed by atoms with Crippen LogP contribution < -0.4 is 10.1 Å². The number of carbonyl (C=O) groups is 2. The third-order valence-electron chi connectivity index (χ3n) is 2.56. The number of carboxylic acids is 1. The highest BCUT2D eigenvalue weighted by molar-refractivity contribution is 6.32. The van der Waals surface area contributed by atoms with E-state index in [0.29, 0.717) is 23.0 Å². The average Bonchev–Trinajstić information content (AvgIpc) is 2.36. The fraction of sp³-hybridized carbons (Fsp3) is 0.385. The van der Waals surface area contributed by atoms with Gasteiger partial charge in [-0.1, -0.05) is 11.6 Å². The zero-order valence-corrected chi connectivity index (χ0v) is 12.1. The summed E-state index contributed by atoms with van der Waals surface area (Å²) < 4.78 is 5.02. The van der Waals surface area contributed by atoms with E-state index in [1.54, 1.807) is 30.1 Å². The largest absolute Gasteiger partial charge is 0.495 e. The van der Waals surface area contributed by atoms with Crippen LogP contribution in [-0.2, 0) is 9.59 Å². The Morgan fingerprint density at radius 2 is 2.15 bits per heavy atom. The van der Waals surface area contributed by atoms with Crippen LogP contribution in [0.25, 0.3) is 0 Å². The molecule has 0 aliphatic carbocycles. The van der Waals surface area contributed by atoms with Gasteiger partial charge in [-0.3, -0.25) is 14.5 Å². The maximum Gasteiger partial charge on any atom is 0.304 e. The van der Waals surface area contributed by atoms with Crippen LogP contribution in [0.1, 0.15) is 6.42 Å². The van der Waals surface area contributed by atoms with Gasteiger partial charge in [0.25, 0.3) is 0 Å². The van der Waals surface area contributed by atoms with Gasteiger partial charge in [-0.15, -0.1) is 0 Å². The van der Waals surface area contributed by atoms with Crippen LogP contribution in [0.15, 0.2) is 18.2 Å². The summed E-state index contributed by atoms with van der Waals surface area (Å²) >= 11 is 5.95. The molecule has 1 aromatic carbocycles. The number of anilines is 1. The lowest BCUT2D eigenvalue weighted by molar-refractivity contribution is -0.137. The molecule has 0 spiro atoms. The van der Waals surface area contributed by atoms with Crippen molar-refractivity contribution in [1.29, 1.82) is 0 Å². The number of methoxy groups -OCH3 is 1. The van der Waals surface area contributed by atoms with Crippen LogP contribution in [0.4, 0.5) is 5.69 Å². The average molecular weight is 301 g/mol. The molecule has 0 heterocycles. The predicted octanol–water partition coefficient (Wildman–Crippen LogP) is 1.69. The van der Waals surface area contributed by atoms with E-state index in [9.17, 15) is 9.59 Å². The molecule has 1 rings (SSSR count). The number of carboxylic acid groups (broad SMARTS) is 1. The Bertz CT molecular complexity index is 493. The van der Waals surface area contributed by atoms with Crippen molar-refractivity contribution in [1.82, 2.24) is 4.90 Å². The molecule has 0 radical (unpaired) electrons. The van der Waals surface area contributed by atoms with Gasteiger partial charge in [0.1, 0.15) is 5.75 Å². The van der Waals surface area contributed by atoms with E-state index in [1.165, 1.54) is 7.11 Å². The molecule has 0 atom stereocenters. The lowest BCUT2D eigenvalue weighted by Gasteiger charge is -2.15. The number of hydrogen-bond donors (Lipinski definition) is 2. The van der Waals surface area contributed by atoms with Crippen LogP contribution in [0.2, 0.25) is 5.02 Å². The number of likely N-dealkylation sites (N-methyl/N-ethyl adjacent to an activating group) is 1. The fourth-order valence-electron chi connectivity index (χ4n) is 1.56. The molecule has 0 aliphatic heterocycles. The van der Waals surface area contributed by atoms with E-state index < -0.39 is 5.97 Å². The fourth-order valence-corrected chi connectivity index (χ4v) is 1.81. The maximum absolute atomic E-state index is 11.8. The van der Waals surface area contributed by atoms with Gasteiger partial charge in [-0.25, -0.2) is 0 Å². The van der Waals surface area contributed by atoms with Gasteiger partial charge in [0.2, 0.25) is 5.91 Å². The van der Waals surface area contributed by atoms with Crippen molar-refractivity contribution >= 4 is 29.2 Å². The molecule has 0 unspecified atom stereocenters. The summed E-state index contributed by atoms with van der Waals surface area (Å²) in [6, 6.07) is 4.93. The maximum atomic E-state index is 11.8. The Hall–Kier alpha value is -1.79. The van der Waals surface area contributed by atoms with Crippen molar-refractivity contribution in [2.45, 2.75) is 6.42 Å².